The lowest BCUT2D eigenvalue weighted by Gasteiger charge is -2.30. The van der Waals surface area contributed by atoms with Crippen LogP contribution in [0.25, 0.3) is 0 Å². The molecule has 1 aromatic rings. The Labute approximate surface area is 119 Å². The van der Waals surface area contributed by atoms with Crippen molar-refractivity contribution >= 4 is 5.97 Å². The molecule has 20 heavy (non-hydrogen) atoms. The molecule has 0 aliphatic carbocycles. The molecule has 1 saturated heterocycles. The molecule has 4 heteroatoms. The van der Waals surface area contributed by atoms with Crippen molar-refractivity contribution in [2.45, 2.75) is 38.6 Å². The molecule has 1 aliphatic heterocycles. The van der Waals surface area contributed by atoms with Crippen molar-refractivity contribution in [2.24, 2.45) is 0 Å². The molecule has 4 nitrogen and oxygen atoms in total. The monoisotopic (exact) mass is 276 g/mol. The first-order valence-corrected chi connectivity index (χ1v) is 6.87. The summed E-state index contributed by atoms with van der Waals surface area (Å²) in [7, 11) is 0. The maximum atomic E-state index is 10.6. The third-order valence-electron chi connectivity index (χ3n) is 3.33. The zero-order valence-electron chi connectivity index (χ0n) is 11.6. The molecule has 0 spiro atoms. The van der Waals surface area contributed by atoms with Gasteiger partial charge in [-0.2, -0.15) is 0 Å². The summed E-state index contributed by atoms with van der Waals surface area (Å²) in [4.78, 5) is 10.6. The summed E-state index contributed by atoms with van der Waals surface area (Å²) in [6.45, 7) is 2.51. The molecule has 1 unspecified atom stereocenters. The van der Waals surface area contributed by atoms with Crippen LogP contribution >= 0.6 is 0 Å². The number of allylic oxidation sites excluding steroid dienone is 1. The molecule has 0 aromatic heterocycles. The SMILES string of the molecule is CC(=CC(=O)O)CC[C@H]1CCOC(c2ccccc2)O1. The zero-order chi connectivity index (χ0) is 14.4. The summed E-state index contributed by atoms with van der Waals surface area (Å²) >= 11 is 0. The van der Waals surface area contributed by atoms with E-state index in [1.807, 2.05) is 37.3 Å². The fraction of sp³-hybridized carbons (Fsp3) is 0.438. The number of rotatable bonds is 5. The third kappa shape index (κ3) is 4.47. The normalized spacial score (nSPS) is 23.6. The molecule has 0 amide bonds. The van der Waals surface area contributed by atoms with Crippen LogP contribution in [0.4, 0.5) is 0 Å². The molecule has 0 saturated carbocycles. The Hall–Kier alpha value is -1.65. The number of ether oxygens (including phenoxy) is 2. The summed E-state index contributed by atoms with van der Waals surface area (Å²) < 4.78 is 11.6. The first kappa shape index (κ1) is 14.8. The van der Waals surface area contributed by atoms with Gasteiger partial charge in [-0.25, -0.2) is 4.79 Å². The molecule has 1 aliphatic rings. The van der Waals surface area contributed by atoms with Crippen molar-refractivity contribution in [2.75, 3.05) is 6.61 Å². The molecular weight excluding hydrogens is 256 g/mol. The van der Waals surface area contributed by atoms with E-state index in [1.54, 1.807) is 0 Å². The quantitative estimate of drug-likeness (QED) is 0.838. The van der Waals surface area contributed by atoms with Gasteiger partial charge in [-0.15, -0.1) is 0 Å². The van der Waals surface area contributed by atoms with Crippen LogP contribution in [-0.4, -0.2) is 23.8 Å². The fourth-order valence-electron chi connectivity index (χ4n) is 2.26. The zero-order valence-corrected chi connectivity index (χ0v) is 11.6. The molecule has 1 aromatic carbocycles. The number of aliphatic carboxylic acids is 1. The molecule has 108 valence electrons. The number of benzene rings is 1. The van der Waals surface area contributed by atoms with Gasteiger partial charge in [-0.1, -0.05) is 35.9 Å². The fourth-order valence-corrected chi connectivity index (χ4v) is 2.26. The lowest BCUT2D eigenvalue weighted by molar-refractivity contribution is -0.218. The molecular formula is C16H20O4. The van der Waals surface area contributed by atoms with Crippen LogP contribution < -0.4 is 0 Å². The first-order chi connectivity index (χ1) is 9.65. The molecule has 1 fully saturated rings. The summed E-state index contributed by atoms with van der Waals surface area (Å²) in [5, 5.41) is 8.68. The standard InChI is InChI=1S/C16H20O4/c1-12(11-15(17)18)7-8-14-9-10-19-16(20-14)13-5-3-2-4-6-13/h2-6,11,14,16H,7-10H2,1H3,(H,17,18)/t14-,16?/m0/s1. The van der Waals surface area contributed by atoms with Crippen molar-refractivity contribution in [3.05, 3.63) is 47.5 Å². The van der Waals surface area contributed by atoms with Crippen LogP contribution in [0.5, 0.6) is 0 Å². The van der Waals surface area contributed by atoms with Crippen LogP contribution in [0.1, 0.15) is 38.0 Å². The summed E-state index contributed by atoms with van der Waals surface area (Å²) in [6, 6.07) is 9.87. The van der Waals surface area contributed by atoms with Crippen LogP contribution in [0.15, 0.2) is 42.0 Å². The summed E-state index contributed by atoms with van der Waals surface area (Å²) in [6.07, 6.45) is 3.48. The van der Waals surface area contributed by atoms with Crippen molar-refractivity contribution in [3.8, 4) is 0 Å². The topological polar surface area (TPSA) is 55.8 Å². The minimum absolute atomic E-state index is 0.117. The Kier molecular flexibility index (Phi) is 5.32. The van der Waals surface area contributed by atoms with Crippen LogP contribution in [-0.2, 0) is 14.3 Å². The lowest BCUT2D eigenvalue weighted by Crippen LogP contribution is -2.27. The van der Waals surface area contributed by atoms with Gasteiger partial charge >= 0.3 is 5.97 Å². The Morgan fingerprint density at radius 1 is 1.40 bits per heavy atom. The largest absolute Gasteiger partial charge is 0.478 e. The van der Waals surface area contributed by atoms with Gasteiger partial charge in [0.2, 0.25) is 0 Å². The molecule has 0 bridgehead atoms. The van der Waals surface area contributed by atoms with E-state index >= 15 is 0 Å². The van der Waals surface area contributed by atoms with Gasteiger partial charge in [-0.3, -0.25) is 0 Å². The second kappa shape index (κ2) is 7.22. The highest BCUT2D eigenvalue weighted by Crippen LogP contribution is 2.28. The highest BCUT2D eigenvalue weighted by molar-refractivity contribution is 5.80. The second-order valence-electron chi connectivity index (χ2n) is 5.03. The van der Waals surface area contributed by atoms with Gasteiger partial charge in [0.15, 0.2) is 6.29 Å². The number of carboxylic acids is 1. The highest BCUT2D eigenvalue weighted by Gasteiger charge is 2.23. The van der Waals surface area contributed by atoms with E-state index in [0.29, 0.717) is 6.61 Å². The average Bonchev–Trinajstić information content (AvgIpc) is 2.46. The smallest absolute Gasteiger partial charge is 0.328 e. The van der Waals surface area contributed by atoms with E-state index in [-0.39, 0.29) is 12.4 Å². The van der Waals surface area contributed by atoms with Gasteiger partial charge in [0, 0.05) is 11.6 Å². The third-order valence-corrected chi connectivity index (χ3v) is 3.33. The van der Waals surface area contributed by atoms with E-state index in [1.165, 1.54) is 6.08 Å². The number of carbonyl (C=O) groups is 1. The maximum absolute atomic E-state index is 10.6. The van der Waals surface area contributed by atoms with E-state index in [2.05, 4.69) is 0 Å². The predicted molar refractivity (Wildman–Crippen MR) is 75.3 cm³/mol. The van der Waals surface area contributed by atoms with E-state index in [0.717, 1.165) is 30.4 Å². The van der Waals surface area contributed by atoms with Gasteiger partial charge in [0.25, 0.3) is 0 Å². The molecule has 2 atom stereocenters. The number of hydrogen-bond acceptors (Lipinski definition) is 3. The predicted octanol–water partition coefficient (Wildman–Crippen LogP) is 3.30. The average molecular weight is 276 g/mol. The Bertz CT molecular complexity index is 467. The Balaban J connectivity index is 1.86. The maximum Gasteiger partial charge on any atom is 0.328 e. The Morgan fingerprint density at radius 3 is 2.85 bits per heavy atom. The number of carboxylic acid groups (broad SMARTS) is 1. The van der Waals surface area contributed by atoms with E-state index in [9.17, 15) is 4.79 Å². The van der Waals surface area contributed by atoms with E-state index in [4.69, 9.17) is 14.6 Å². The first-order valence-electron chi connectivity index (χ1n) is 6.87. The minimum Gasteiger partial charge on any atom is -0.478 e. The Morgan fingerprint density at radius 2 is 2.15 bits per heavy atom. The minimum atomic E-state index is -0.891. The van der Waals surface area contributed by atoms with Crippen molar-refractivity contribution in [1.29, 1.82) is 0 Å². The van der Waals surface area contributed by atoms with Gasteiger partial charge < -0.3 is 14.6 Å². The number of hydrogen-bond donors (Lipinski definition) is 1. The molecule has 1 heterocycles. The van der Waals surface area contributed by atoms with Crippen molar-refractivity contribution < 1.29 is 19.4 Å². The van der Waals surface area contributed by atoms with Crippen molar-refractivity contribution in [1.82, 2.24) is 0 Å². The summed E-state index contributed by atoms with van der Waals surface area (Å²) in [5.74, 6) is -0.891. The van der Waals surface area contributed by atoms with Crippen molar-refractivity contribution in [3.63, 3.8) is 0 Å². The summed E-state index contributed by atoms with van der Waals surface area (Å²) in [5.41, 5.74) is 1.89. The van der Waals surface area contributed by atoms with E-state index < -0.39 is 5.97 Å². The van der Waals surface area contributed by atoms with Crippen LogP contribution in [0, 0.1) is 0 Å². The molecule has 2 rings (SSSR count). The van der Waals surface area contributed by atoms with Crippen LogP contribution in [0.2, 0.25) is 0 Å². The molecule has 0 radical (unpaired) electrons. The van der Waals surface area contributed by atoms with Gasteiger partial charge in [0.1, 0.15) is 0 Å². The van der Waals surface area contributed by atoms with Gasteiger partial charge in [0.05, 0.1) is 12.7 Å². The highest BCUT2D eigenvalue weighted by atomic mass is 16.7. The molecule has 1 N–H and O–H groups in total. The van der Waals surface area contributed by atoms with Gasteiger partial charge in [-0.05, 0) is 26.2 Å². The van der Waals surface area contributed by atoms with Crippen LogP contribution in [0.3, 0.4) is 0 Å². The second-order valence-corrected chi connectivity index (χ2v) is 5.03. The lowest BCUT2D eigenvalue weighted by atomic mass is 10.1.